The molecule has 0 unspecified atom stereocenters. The fourth-order valence-corrected chi connectivity index (χ4v) is 2.40. The average Bonchev–Trinajstić information content (AvgIpc) is 2.71. The summed E-state index contributed by atoms with van der Waals surface area (Å²) >= 11 is 1.62. The molecule has 88 valence electrons. The Balaban J connectivity index is 1.55. The quantitative estimate of drug-likeness (QED) is 0.824. The topological polar surface area (TPSA) is 51.1 Å². The first-order valence-corrected chi connectivity index (χ1v) is 6.24. The monoisotopic (exact) mass is 248 g/mol. The Labute approximate surface area is 103 Å². The van der Waals surface area contributed by atoms with E-state index in [-0.39, 0.29) is 6.10 Å². The van der Waals surface area contributed by atoms with Gasteiger partial charge in [0.25, 0.3) is 0 Å². The van der Waals surface area contributed by atoms with E-state index >= 15 is 0 Å². The molecule has 1 saturated heterocycles. The second kappa shape index (κ2) is 4.29. The predicted molar refractivity (Wildman–Crippen MR) is 65.5 cm³/mol. The van der Waals surface area contributed by atoms with Gasteiger partial charge in [0.2, 0.25) is 5.13 Å². The van der Waals surface area contributed by atoms with Crippen LogP contribution in [0.15, 0.2) is 24.5 Å². The summed E-state index contributed by atoms with van der Waals surface area (Å²) in [4.78, 5) is 6.13. The summed E-state index contributed by atoms with van der Waals surface area (Å²) in [6, 6.07) is 3.75. The van der Waals surface area contributed by atoms with Crippen molar-refractivity contribution in [2.24, 2.45) is 0 Å². The lowest BCUT2D eigenvalue weighted by molar-refractivity contribution is 0.167. The van der Waals surface area contributed by atoms with Crippen molar-refractivity contribution in [3.8, 4) is 5.75 Å². The maximum atomic E-state index is 5.78. The Bertz CT molecular complexity index is 495. The van der Waals surface area contributed by atoms with Crippen LogP contribution < -0.4 is 9.64 Å². The number of anilines is 1. The molecule has 1 aliphatic heterocycles. The zero-order valence-electron chi connectivity index (χ0n) is 9.41. The predicted octanol–water partition coefficient (Wildman–Crippen LogP) is 1.51. The highest BCUT2D eigenvalue weighted by Crippen LogP contribution is 2.26. The van der Waals surface area contributed by atoms with Crippen LogP contribution in [0.3, 0.4) is 0 Å². The summed E-state index contributed by atoms with van der Waals surface area (Å²) < 4.78 is 5.78. The first kappa shape index (κ1) is 10.5. The molecule has 0 amide bonds. The zero-order chi connectivity index (χ0) is 11.7. The van der Waals surface area contributed by atoms with E-state index in [1.807, 2.05) is 19.1 Å². The SMILES string of the molecule is Cc1nnc(N2CC(Oc3ccncc3)C2)s1. The van der Waals surface area contributed by atoms with Crippen LogP contribution in [-0.2, 0) is 0 Å². The molecular formula is C11H12N4OS. The summed E-state index contributed by atoms with van der Waals surface area (Å²) in [5, 5.41) is 10.1. The van der Waals surface area contributed by atoms with Crippen molar-refractivity contribution in [3.05, 3.63) is 29.5 Å². The van der Waals surface area contributed by atoms with Gasteiger partial charge in [0.1, 0.15) is 16.9 Å². The van der Waals surface area contributed by atoms with Gasteiger partial charge in [0.15, 0.2) is 0 Å². The third-order valence-electron chi connectivity index (χ3n) is 2.59. The fourth-order valence-electron chi connectivity index (χ4n) is 1.69. The third-order valence-corrected chi connectivity index (χ3v) is 3.49. The molecule has 0 radical (unpaired) electrons. The minimum atomic E-state index is 0.238. The number of pyridine rings is 1. The van der Waals surface area contributed by atoms with Crippen LogP contribution in [0.5, 0.6) is 5.75 Å². The number of hydrogen-bond donors (Lipinski definition) is 0. The lowest BCUT2D eigenvalue weighted by atomic mass is 10.2. The minimum absolute atomic E-state index is 0.238. The van der Waals surface area contributed by atoms with E-state index in [1.54, 1.807) is 23.7 Å². The Kier molecular flexibility index (Phi) is 2.64. The van der Waals surface area contributed by atoms with Crippen molar-refractivity contribution in [3.63, 3.8) is 0 Å². The summed E-state index contributed by atoms with van der Waals surface area (Å²) in [5.74, 6) is 0.873. The molecule has 0 saturated carbocycles. The molecule has 0 aliphatic carbocycles. The molecule has 3 heterocycles. The fraction of sp³-hybridized carbons (Fsp3) is 0.364. The molecule has 2 aromatic rings. The van der Waals surface area contributed by atoms with Crippen molar-refractivity contribution in [2.45, 2.75) is 13.0 Å². The van der Waals surface area contributed by atoms with Gasteiger partial charge in [-0.3, -0.25) is 4.98 Å². The molecule has 0 atom stereocenters. The molecule has 1 fully saturated rings. The van der Waals surface area contributed by atoms with Crippen molar-refractivity contribution in [1.82, 2.24) is 15.2 Å². The largest absolute Gasteiger partial charge is 0.487 e. The number of hydrogen-bond acceptors (Lipinski definition) is 6. The number of aromatic nitrogens is 3. The van der Waals surface area contributed by atoms with E-state index in [1.165, 1.54) is 0 Å². The van der Waals surface area contributed by atoms with Crippen LogP contribution in [0, 0.1) is 6.92 Å². The van der Waals surface area contributed by atoms with Gasteiger partial charge in [-0.05, 0) is 19.1 Å². The van der Waals surface area contributed by atoms with Crippen molar-refractivity contribution in [2.75, 3.05) is 18.0 Å². The standard InChI is InChI=1S/C11H12N4OS/c1-8-13-14-11(17-8)15-6-10(7-15)16-9-2-4-12-5-3-9/h2-5,10H,6-7H2,1H3. The summed E-state index contributed by atoms with van der Waals surface area (Å²) in [6.45, 7) is 3.71. The van der Waals surface area contributed by atoms with E-state index in [9.17, 15) is 0 Å². The zero-order valence-corrected chi connectivity index (χ0v) is 10.2. The first-order chi connectivity index (χ1) is 8.31. The molecule has 6 heteroatoms. The number of rotatable bonds is 3. The normalized spacial score (nSPS) is 15.7. The third kappa shape index (κ3) is 2.21. The van der Waals surface area contributed by atoms with Gasteiger partial charge in [-0.25, -0.2) is 0 Å². The molecule has 3 rings (SSSR count). The van der Waals surface area contributed by atoms with Crippen LogP contribution >= 0.6 is 11.3 Å². The van der Waals surface area contributed by atoms with Crippen LogP contribution in [0.2, 0.25) is 0 Å². The highest BCUT2D eigenvalue weighted by atomic mass is 32.1. The number of aryl methyl sites for hydroxylation is 1. The molecular weight excluding hydrogens is 236 g/mol. The molecule has 17 heavy (non-hydrogen) atoms. The van der Waals surface area contributed by atoms with Gasteiger partial charge < -0.3 is 9.64 Å². The molecule has 0 bridgehead atoms. The van der Waals surface area contributed by atoms with E-state index in [2.05, 4.69) is 20.1 Å². The van der Waals surface area contributed by atoms with Gasteiger partial charge in [-0.2, -0.15) is 0 Å². The molecule has 0 aromatic carbocycles. The second-order valence-corrected chi connectivity index (χ2v) is 5.09. The first-order valence-electron chi connectivity index (χ1n) is 5.43. The van der Waals surface area contributed by atoms with Crippen LogP contribution in [0.1, 0.15) is 5.01 Å². The summed E-state index contributed by atoms with van der Waals surface area (Å²) in [5.41, 5.74) is 0. The highest BCUT2D eigenvalue weighted by molar-refractivity contribution is 7.15. The van der Waals surface area contributed by atoms with Crippen LogP contribution in [0.4, 0.5) is 5.13 Å². The average molecular weight is 248 g/mol. The lowest BCUT2D eigenvalue weighted by Gasteiger charge is -2.38. The lowest BCUT2D eigenvalue weighted by Crippen LogP contribution is -2.54. The molecule has 0 N–H and O–H groups in total. The number of nitrogens with zero attached hydrogens (tertiary/aromatic N) is 4. The van der Waals surface area contributed by atoms with Gasteiger partial charge in [-0.15, -0.1) is 10.2 Å². The van der Waals surface area contributed by atoms with Crippen LogP contribution in [0.25, 0.3) is 0 Å². The maximum Gasteiger partial charge on any atom is 0.208 e. The maximum absolute atomic E-state index is 5.78. The van der Waals surface area contributed by atoms with Gasteiger partial charge in [-0.1, -0.05) is 11.3 Å². The highest BCUT2D eigenvalue weighted by Gasteiger charge is 2.30. The Morgan fingerprint density at radius 3 is 2.71 bits per heavy atom. The Hall–Kier alpha value is -1.69. The smallest absolute Gasteiger partial charge is 0.208 e. The Morgan fingerprint density at radius 2 is 2.06 bits per heavy atom. The van der Waals surface area contributed by atoms with Crippen molar-refractivity contribution in [1.29, 1.82) is 0 Å². The van der Waals surface area contributed by atoms with E-state index in [0.29, 0.717) is 0 Å². The van der Waals surface area contributed by atoms with Crippen molar-refractivity contribution >= 4 is 16.5 Å². The van der Waals surface area contributed by atoms with E-state index in [0.717, 1.165) is 29.0 Å². The molecule has 0 spiro atoms. The second-order valence-electron chi connectivity index (χ2n) is 3.93. The van der Waals surface area contributed by atoms with Gasteiger partial charge >= 0.3 is 0 Å². The van der Waals surface area contributed by atoms with Crippen LogP contribution in [-0.4, -0.2) is 34.4 Å². The molecule has 5 nitrogen and oxygen atoms in total. The summed E-state index contributed by atoms with van der Waals surface area (Å²) in [7, 11) is 0. The van der Waals surface area contributed by atoms with E-state index < -0.39 is 0 Å². The molecule has 2 aromatic heterocycles. The molecule has 1 aliphatic rings. The Morgan fingerprint density at radius 1 is 1.29 bits per heavy atom. The van der Waals surface area contributed by atoms with Crippen molar-refractivity contribution < 1.29 is 4.74 Å². The minimum Gasteiger partial charge on any atom is -0.487 e. The number of ether oxygens (including phenoxy) is 1. The van der Waals surface area contributed by atoms with Gasteiger partial charge in [0.05, 0.1) is 13.1 Å². The van der Waals surface area contributed by atoms with Gasteiger partial charge in [0, 0.05) is 12.4 Å². The van der Waals surface area contributed by atoms with E-state index in [4.69, 9.17) is 4.74 Å². The summed E-state index contributed by atoms with van der Waals surface area (Å²) in [6.07, 6.45) is 3.71.